The largest absolute Gasteiger partial charge is 0.358 e. The first-order valence-electron chi connectivity index (χ1n) is 9.24. The summed E-state index contributed by atoms with van der Waals surface area (Å²) < 4.78 is 0. The Morgan fingerprint density at radius 2 is 1.67 bits per heavy atom. The highest BCUT2D eigenvalue weighted by atomic mass is 32.2. The van der Waals surface area contributed by atoms with Gasteiger partial charge in [-0.2, -0.15) is 0 Å². The molecule has 0 radical (unpaired) electrons. The number of dihydropyridines is 1. The molecule has 0 amide bonds. The Kier molecular flexibility index (Phi) is 3.83. The number of allylic oxidation sites excluding steroid dienone is 3. The Morgan fingerprint density at radius 3 is 2.41 bits per heavy atom. The van der Waals surface area contributed by atoms with E-state index in [1.807, 2.05) is 30.5 Å². The minimum absolute atomic E-state index is 0.0389. The van der Waals surface area contributed by atoms with Gasteiger partial charge in [-0.1, -0.05) is 36.4 Å². The number of carbonyl (C=O) groups excluding carboxylic acids is 2. The first-order chi connectivity index (χ1) is 13.2. The van der Waals surface area contributed by atoms with Gasteiger partial charge in [-0.3, -0.25) is 9.59 Å². The third-order valence-corrected chi connectivity index (χ3v) is 6.46. The summed E-state index contributed by atoms with van der Waals surface area (Å²) in [6, 6.07) is 16.0. The van der Waals surface area contributed by atoms with E-state index < -0.39 is 0 Å². The van der Waals surface area contributed by atoms with Crippen LogP contribution in [0.2, 0.25) is 0 Å². The van der Waals surface area contributed by atoms with Gasteiger partial charge in [0.05, 0.1) is 5.70 Å². The van der Waals surface area contributed by atoms with Crippen molar-refractivity contribution in [2.24, 2.45) is 0 Å². The van der Waals surface area contributed by atoms with Crippen molar-refractivity contribution in [2.75, 3.05) is 6.26 Å². The maximum atomic E-state index is 13.3. The molecular weight excluding hydrogens is 354 g/mol. The molecular formula is C23H19NO2S. The third-order valence-electron chi connectivity index (χ3n) is 5.71. The molecule has 1 aliphatic heterocycles. The number of carbonyl (C=O) groups is 2. The van der Waals surface area contributed by atoms with Crippen LogP contribution in [0.1, 0.15) is 46.7 Å². The fourth-order valence-electron chi connectivity index (χ4n) is 4.47. The van der Waals surface area contributed by atoms with Crippen LogP contribution >= 0.6 is 11.8 Å². The minimum atomic E-state index is -0.278. The summed E-state index contributed by atoms with van der Waals surface area (Å²) >= 11 is 1.69. The average Bonchev–Trinajstić information content (AvgIpc) is 2.99. The van der Waals surface area contributed by atoms with Gasteiger partial charge >= 0.3 is 0 Å². The quantitative estimate of drug-likeness (QED) is 0.775. The zero-order valence-electron chi connectivity index (χ0n) is 15.0. The van der Waals surface area contributed by atoms with Gasteiger partial charge in [0.2, 0.25) is 0 Å². The molecule has 2 aromatic rings. The highest BCUT2D eigenvalue weighted by Gasteiger charge is 2.43. The lowest BCUT2D eigenvalue weighted by Gasteiger charge is -2.33. The topological polar surface area (TPSA) is 46.2 Å². The summed E-state index contributed by atoms with van der Waals surface area (Å²) in [7, 11) is 0. The molecule has 134 valence electrons. The lowest BCUT2D eigenvalue weighted by atomic mass is 9.75. The molecule has 3 aliphatic rings. The standard InChI is InChI=1S/C23H19NO2S/c1-27-14-11-9-13(10-12-14)19-20-17(7-4-8-18(20)25)24-22-15-5-2-3-6-16(15)23(26)21(19)22/h2-3,5-6,9-12,19,24H,4,7-8H2,1H3/t19-/m1/s1. The van der Waals surface area contributed by atoms with Crippen LogP contribution in [0.4, 0.5) is 0 Å². The predicted molar refractivity (Wildman–Crippen MR) is 108 cm³/mol. The van der Waals surface area contributed by atoms with Crippen LogP contribution in [-0.4, -0.2) is 17.8 Å². The maximum Gasteiger partial charge on any atom is 0.192 e. The molecule has 0 saturated carbocycles. The van der Waals surface area contributed by atoms with E-state index in [2.05, 4.69) is 29.6 Å². The van der Waals surface area contributed by atoms with Crippen LogP contribution in [-0.2, 0) is 4.79 Å². The van der Waals surface area contributed by atoms with Gasteiger partial charge in [-0.15, -0.1) is 11.8 Å². The Hall–Kier alpha value is -2.59. The van der Waals surface area contributed by atoms with Crippen molar-refractivity contribution < 1.29 is 9.59 Å². The van der Waals surface area contributed by atoms with Gasteiger partial charge in [0.25, 0.3) is 0 Å². The Labute approximate surface area is 162 Å². The van der Waals surface area contributed by atoms with Crippen LogP contribution in [0, 0.1) is 0 Å². The van der Waals surface area contributed by atoms with Gasteiger partial charge in [0, 0.05) is 45.2 Å². The van der Waals surface area contributed by atoms with Crippen molar-refractivity contribution in [1.82, 2.24) is 5.32 Å². The fourth-order valence-corrected chi connectivity index (χ4v) is 4.87. The van der Waals surface area contributed by atoms with E-state index in [9.17, 15) is 9.59 Å². The minimum Gasteiger partial charge on any atom is -0.358 e. The molecule has 2 aromatic carbocycles. The van der Waals surface area contributed by atoms with E-state index in [0.717, 1.165) is 52.1 Å². The molecule has 0 unspecified atom stereocenters. The van der Waals surface area contributed by atoms with Crippen LogP contribution in [0.15, 0.2) is 70.3 Å². The SMILES string of the molecule is CSc1ccc([C@@H]2C3=C(CCCC3=O)NC3=C2C(=O)c2ccccc23)cc1. The second-order valence-electron chi connectivity index (χ2n) is 7.16. The van der Waals surface area contributed by atoms with Crippen LogP contribution in [0.25, 0.3) is 5.70 Å². The van der Waals surface area contributed by atoms with Crippen LogP contribution < -0.4 is 5.32 Å². The number of ketones is 2. The fraction of sp³-hybridized carbons (Fsp3) is 0.217. The summed E-state index contributed by atoms with van der Waals surface area (Å²) in [4.78, 5) is 27.3. The number of thioether (sulfide) groups is 1. The summed E-state index contributed by atoms with van der Waals surface area (Å²) in [6.07, 6.45) is 4.32. The second-order valence-corrected chi connectivity index (χ2v) is 8.04. The van der Waals surface area contributed by atoms with Gasteiger partial charge in [-0.05, 0) is 36.8 Å². The lowest BCUT2D eigenvalue weighted by molar-refractivity contribution is -0.116. The second kappa shape index (κ2) is 6.24. The van der Waals surface area contributed by atoms with E-state index in [-0.39, 0.29) is 17.5 Å². The molecule has 2 aliphatic carbocycles. The zero-order valence-corrected chi connectivity index (χ0v) is 15.9. The van der Waals surface area contributed by atoms with Crippen LogP contribution in [0.3, 0.4) is 0 Å². The van der Waals surface area contributed by atoms with Crippen molar-refractivity contribution >= 4 is 29.0 Å². The number of benzene rings is 2. The lowest BCUT2D eigenvalue weighted by Crippen LogP contribution is -2.31. The van der Waals surface area contributed by atoms with E-state index in [0.29, 0.717) is 6.42 Å². The summed E-state index contributed by atoms with van der Waals surface area (Å²) in [5, 5.41) is 3.47. The average molecular weight is 373 g/mol. The molecule has 5 rings (SSSR count). The molecule has 1 heterocycles. The number of rotatable bonds is 2. The molecule has 0 aromatic heterocycles. The van der Waals surface area contributed by atoms with E-state index in [1.54, 1.807) is 11.8 Å². The molecule has 27 heavy (non-hydrogen) atoms. The number of Topliss-reactive ketones (excluding diaryl/α,β-unsaturated/α-hetero) is 2. The van der Waals surface area contributed by atoms with Crippen molar-refractivity contribution in [3.05, 3.63) is 82.1 Å². The Morgan fingerprint density at radius 1 is 0.926 bits per heavy atom. The molecule has 0 saturated heterocycles. The molecule has 1 N–H and O–H groups in total. The predicted octanol–water partition coefficient (Wildman–Crippen LogP) is 4.71. The molecule has 1 atom stereocenters. The van der Waals surface area contributed by atoms with Gasteiger partial charge in [-0.25, -0.2) is 0 Å². The molecule has 0 fully saturated rings. The van der Waals surface area contributed by atoms with Gasteiger partial charge in [0.15, 0.2) is 11.6 Å². The van der Waals surface area contributed by atoms with Crippen molar-refractivity contribution in [1.29, 1.82) is 0 Å². The number of nitrogens with one attached hydrogen (secondary N) is 1. The normalized spacial score (nSPS) is 21.0. The summed E-state index contributed by atoms with van der Waals surface area (Å²) in [6.45, 7) is 0. The van der Waals surface area contributed by atoms with E-state index in [4.69, 9.17) is 0 Å². The van der Waals surface area contributed by atoms with E-state index >= 15 is 0 Å². The monoisotopic (exact) mass is 373 g/mol. The number of fused-ring (bicyclic) bond motifs is 2. The van der Waals surface area contributed by atoms with Crippen molar-refractivity contribution in [2.45, 2.75) is 30.1 Å². The molecule has 0 spiro atoms. The highest BCUT2D eigenvalue weighted by molar-refractivity contribution is 7.98. The molecule has 4 heteroatoms. The zero-order chi connectivity index (χ0) is 18.5. The first kappa shape index (κ1) is 16.6. The summed E-state index contributed by atoms with van der Waals surface area (Å²) in [5.74, 6) is -0.0742. The number of hydrogen-bond acceptors (Lipinski definition) is 4. The third kappa shape index (κ3) is 2.43. The van der Waals surface area contributed by atoms with E-state index in [1.165, 1.54) is 4.90 Å². The van der Waals surface area contributed by atoms with Crippen LogP contribution in [0.5, 0.6) is 0 Å². The van der Waals surface area contributed by atoms with Crippen molar-refractivity contribution in [3.8, 4) is 0 Å². The number of hydrogen-bond donors (Lipinski definition) is 1. The summed E-state index contributed by atoms with van der Waals surface area (Å²) in [5.41, 5.74) is 6.10. The Bertz CT molecular complexity index is 1050. The van der Waals surface area contributed by atoms with Crippen molar-refractivity contribution in [3.63, 3.8) is 0 Å². The van der Waals surface area contributed by atoms with Gasteiger partial charge < -0.3 is 5.32 Å². The van der Waals surface area contributed by atoms with Gasteiger partial charge in [0.1, 0.15) is 0 Å². The molecule has 0 bridgehead atoms. The smallest absolute Gasteiger partial charge is 0.192 e. The maximum absolute atomic E-state index is 13.3. The molecule has 3 nitrogen and oxygen atoms in total. The first-order valence-corrected chi connectivity index (χ1v) is 10.5. The highest BCUT2D eigenvalue weighted by Crippen LogP contribution is 2.48. The Balaban J connectivity index is 1.72.